The summed E-state index contributed by atoms with van der Waals surface area (Å²) in [5.74, 6) is 0. The molecule has 0 spiro atoms. The summed E-state index contributed by atoms with van der Waals surface area (Å²) in [6, 6.07) is 10.5. The van der Waals surface area contributed by atoms with Crippen LogP contribution in [0.5, 0.6) is 0 Å². The topological polar surface area (TPSA) is 60.0 Å². The summed E-state index contributed by atoms with van der Waals surface area (Å²) in [7, 11) is 1.81. The lowest BCUT2D eigenvalue weighted by Gasteiger charge is -2.28. The molecule has 0 unspecified atom stereocenters. The van der Waals surface area contributed by atoms with Crippen molar-refractivity contribution in [3.05, 3.63) is 40.7 Å². The number of nitrogens with two attached hydrogens (primary N) is 1. The molecular weight excluding hydrogens is 250 g/mol. The van der Waals surface area contributed by atoms with Crippen LogP contribution in [0.1, 0.15) is 25.7 Å². The Morgan fingerprint density at radius 3 is 2.65 bits per heavy atom. The van der Waals surface area contributed by atoms with Crippen LogP contribution in [0, 0.1) is 0 Å². The Kier molecular flexibility index (Phi) is 3.49. The first-order valence-electron chi connectivity index (χ1n) is 7.26. The van der Waals surface area contributed by atoms with Gasteiger partial charge in [0.2, 0.25) is 0 Å². The molecule has 0 radical (unpaired) electrons. The van der Waals surface area contributed by atoms with Crippen molar-refractivity contribution in [2.24, 2.45) is 12.8 Å². The van der Waals surface area contributed by atoms with Crippen LogP contribution in [-0.4, -0.2) is 16.7 Å². The van der Waals surface area contributed by atoms with Crippen molar-refractivity contribution >= 4 is 16.6 Å². The second kappa shape index (κ2) is 5.29. The number of para-hydroxylation sites is 1. The molecule has 3 rings (SSSR count). The zero-order chi connectivity index (χ0) is 14.1. The highest BCUT2D eigenvalue weighted by Crippen LogP contribution is 2.25. The van der Waals surface area contributed by atoms with Gasteiger partial charge in [-0.15, -0.1) is 0 Å². The first kappa shape index (κ1) is 13.2. The number of fused-ring (bicyclic) bond motifs is 1. The number of nitrogens with zero attached hydrogens (tertiary/aromatic N) is 1. The summed E-state index contributed by atoms with van der Waals surface area (Å²) in [6.07, 6.45) is 4.26. The molecule has 1 heterocycles. The smallest absolute Gasteiger partial charge is 0.252 e. The monoisotopic (exact) mass is 271 g/mol. The summed E-state index contributed by atoms with van der Waals surface area (Å²) < 4.78 is 1.69. The Balaban J connectivity index is 1.95. The molecule has 0 saturated heterocycles. The number of pyridine rings is 1. The molecule has 1 saturated carbocycles. The Hall–Kier alpha value is -1.81. The van der Waals surface area contributed by atoms with Crippen LogP contribution in [-0.2, 0) is 7.05 Å². The van der Waals surface area contributed by atoms with Crippen LogP contribution in [0.2, 0.25) is 0 Å². The minimum atomic E-state index is 0.0266. The Morgan fingerprint density at radius 1 is 1.20 bits per heavy atom. The normalized spacial score (nSPS) is 22.9. The molecule has 20 heavy (non-hydrogen) atoms. The Bertz CT molecular complexity index is 669. The highest BCUT2D eigenvalue weighted by atomic mass is 16.1. The molecule has 1 aromatic carbocycles. The molecule has 1 aliphatic rings. The summed E-state index contributed by atoms with van der Waals surface area (Å²) >= 11 is 0. The third-order valence-corrected chi connectivity index (χ3v) is 4.29. The van der Waals surface area contributed by atoms with Crippen LogP contribution in [0.15, 0.2) is 35.1 Å². The van der Waals surface area contributed by atoms with E-state index < -0.39 is 0 Å². The lowest BCUT2D eigenvalue weighted by Crippen LogP contribution is -2.33. The van der Waals surface area contributed by atoms with Gasteiger partial charge in [0.15, 0.2) is 0 Å². The Morgan fingerprint density at radius 2 is 1.90 bits per heavy atom. The van der Waals surface area contributed by atoms with Crippen LogP contribution in [0.3, 0.4) is 0 Å². The molecule has 0 atom stereocenters. The number of hydrogen-bond acceptors (Lipinski definition) is 3. The Labute approximate surface area is 118 Å². The maximum absolute atomic E-state index is 12.1. The van der Waals surface area contributed by atoms with Gasteiger partial charge in [0.25, 0.3) is 5.56 Å². The van der Waals surface area contributed by atoms with E-state index in [1.807, 2.05) is 25.2 Å². The van der Waals surface area contributed by atoms with Gasteiger partial charge in [-0.2, -0.15) is 0 Å². The zero-order valence-corrected chi connectivity index (χ0v) is 11.8. The molecule has 2 aromatic rings. The van der Waals surface area contributed by atoms with Crippen molar-refractivity contribution in [1.82, 2.24) is 4.57 Å². The summed E-state index contributed by atoms with van der Waals surface area (Å²) in [4.78, 5) is 12.1. The number of anilines is 1. The summed E-state index contributed by atoms with van der Waals surface area (Å²) in [5.41, 5.74) is 7.89. The lowest BCUT2D eigenvalue weighted by atomic mass is 9.91. The van der Waals surface area contributed by atoms with Gasteiger partial charge in [-0.25, -0.2) is 0 Å². The second-order valence-electron chi connectivity index (χ2n) is 5.73. The van der Waals surface area contributed by atoms with Crippen molar-refractivity contribution in [3.63, 3.8) is 0 Å². The van der Waals surface area contributed by atoms with E-state index in [0.717, 1.165) is 42.3 Å². The highest BCUT2D eigenvalue weighted by Gasteiger charge is 2.19. The van der Waals surface area contributed by atoms with Crippen molar-refractivity contribution in [3.8, 4) is 0 Å². The maximum Gasteiger partial charge on any atom is 0.252 e. The predicted molar refractivity (Wildman–Crippen MR) is 83.0 cm³/mol. The van der Waals surface area contributed by atoms with Gasteiger partial charge in [0.1, 0.15) is 0 Å². The molecule has 0 amide bonds. The van der Waals surface area contributed by atoms with E-state index in [1.165, 1.54) is 0 Å². The summed E-state index contributed by atoms with van der Waals surface area (Å²) in [5, 5.41) is 4.64. The molecule has 1 fully saturated rings. The van der Waals surface area contributed by atoms with Crippen molar-refractivity contribution < 1.29 is 0 Å². The van der Waals surface area contributed by atoms with Gasteiger partial charge in [-0.3, -0.25) is 4.79 Å². The number of nitrogens with one attached hydrogen (secondary N) is 1. The summed E-state index contributed by atoms with van der Waals surface area (Å²) in [6.45, 7) is 0. The molecule has 106 valence electrons. The number of hydrogen-bond donors (Lipinski definition) is 2. The fraction of sp³-hybridized carbons (Fsp3) is 0.438. The van der Waals surface area contributed by atoms with Crippen LogP contribution < -0.4 is 16.6 Å². The predicted octanol–water partition coefficient (Wildman–Crippen LogP) is 2.22. The zero-order valence-electron chi connectivity index (χ0n) is 11.8. The fourth-order valence-electron chi connectivity index (χ4n) is 3.01. The average molecular weight is 271 g/mol. The molecule has 4 heteroatoms. The molecule has 0 bridgehead atoms. The van der Waals surface area contributed by atoms with E-state index >= 15 is 0 Å². The average Bonchev–Trinajstić information content (AvgIpc) is 2.47. The van der Waals surface area contributed by atoms with Gasteiger partial charge in [-0.1, -0.05) is 18.2 Å². The first-order chi connectivity index (χ1) is 9.65. The van der Waals surface area contributed by atoms with E-state index in [4.69, 9.17) is 5.73 Å². The van der Waals surface area contributed by atoms with Gasteiger partial charge in [0, 0.05) is 36.3 Å². The van der Waals surface area contributed by atoms with Gasteiger partial charge in [-0.05, 0) is 31.7 Å². The van der Waals surface area contributed by atoms with Gasteiger partial charge >= 0.3 is 0 Å². The van der Waals surface area contributed by atoms with Crippen molar-refractivity contribution in [2.75, 3.05) is 5.32 Å². The number of rotatable bonds is 2. The largest absolute Gasteiger partial charge is 0.382 e. The molecule has 0 aliphatic heterocycles. The number of aromatic nitrogens is 1. The molecular formula is C16H21N3O. The fourth-order valence-corrected chi connectivity index (χ4v) is 3.01. The molecule has 1 aromatic heterocycles. The van der Waals surface area contributed by atoms with Crippen molar-refractivity contribution in [1.29, 1.82) is 0 Å². The molecule has 1 aliphatic carbocycles. The van der Waals surface area contributed by atoms with Gasteiger partial charge < -0.3 is 15.6 Å². The van der Waals surface area contributed by atoms with Crippen molar-refractivity contribution in [2.45, 2.75) is 37.8 Å². The van der Waals surface area contributed by atoms with E-state index in [-0.39, 0.29) is 5.56 Å². The third kappa shape index (κ3) is 2.43. The van der Waals surface area contributed by atoms with E-state index in [0.29, 0.717) is 12.1 Å². The van der Waals surface area contributed by atoms with E-state index in [2.05, 4.69) is 11.4 Å². The van der Waals surface area contributed by atoms with E-state index in [9.17, 15) is 4.79 Å². The number of aryl methyl sites for hydroxylation is 1. The van der Waals surface area contributed by atoms with E-state index in [1.54, 1.807) is 10.6 Å². The number of benzene rings is 1. The minimum absolute atomic E-state index is 0.0266. The second-order valence-corrected chi connectivity index (χ2v) is 5.73. The third-order valence-electron chi connectivity index (χ3n) is 4.29. The highest BCUT2D eigenvalue weighted by molar-refractivity contribution is 5.91. The minimum Gasteiger partial charge on any atom is -0.382 e. The quantitative estimate of drug-likeness (QED) is 0.880. The maximum atomic E-state index is 12.1. The standard InChI is InChI=1S/C16H21N3O/c1-19-15-5-3-2-4-13(15)14(10-16(19)20)18-12-8-6-11(17)7-9-12/h2-5,10-12,18H,6-9,17H2,1H3. The van der Waals surface area contributed by atoms with Crippen LogP contribution >= 0.6 is 0 Å². The van der Waals surface area contributed by atoms with Crippen LogP contribution in [0.4, 0.5) is 5.69 Å². The molecule has 3 N–H and O–H groups in total. The first-order valence-corrected chi connectivity index (χ1v) is 7.26. The van der Waals surface area contributed by atoms with Crippen LogP contribution in [0.25, 0.3) is 10.9 Å². The SMILES string of the molecule is Cn1c(=O)cc(NC2CCC(N)CC2)c2ccccc21. The lowest BCUT2D eigenvalue weighted by molar-refractivity contribution is 0.411. The molecule has 4 nitrogen and oxygen atoms in total. The van der Waals surface area contributed by atoms with Gasteiger partial charge in [0.05, 0.1) is 5.52 Å².